The van der Waals surface area contributed by atoms with E-state index in [9.17, 15) is 0 Å². The Hall–Kier alpha value is -4.59. The van der Waals surface area contributed by atoms with E-state index >= 15 is 0 Å². The van der Waals surface area contributed by atoms with E-state index < -0.39 is 0 Å². The van der Waals surface area contributed by atoms with Crippen LogP contribution in [0.2, 0.25) is 0 Å². The van der Waals surface area contributed by atoms with Crippen molar-refractivity contribution in [3.63, 3.8) is 0 Å². The van der Waals surface area contributed by atoms with E-state index in [1.807, 2.05) is 51.4 Å². The lowest BCUT2D eigenvalue weighted by atomic mass is 9.95. The molecule has 0 atom stereocenters. The average molecular weight is 479 g/mol. The summed E-state index contributed by atoms with van der Waals surface area (Å²) in [6.45, 7) is 2.52. The first-order valence-corrected chi connectivity index (χ1v) is 11.8. The van der Waals surface area contributed by atoms with Gasteiger partial charge in [0.1, 0.15) is 17.8 Å². The van der Waals surface area contributed by atoms with E-state index in [2.05, 4.69) is 54.4 Å². The molecule has 6 rings (SSSR count). The Balaban J connectivity index is 1.59. The van der Waals surface area contributed by atoms with Crippen LogP contribution < -0.4 is 20.1 Å². The Bertz CT molecular complexity index is 1610. The third-order valence-electron chi connectivity index (χ3n) is 6.60. The fourth-order valence-corrected chi connectivity index (χ4v) is 4.87. The van der Waals surface area contributed by atoms with Crippen molar-refractivity contribution in [1.29, 1.82) is 0 Å². The van der Waals surface area contributed by atoms with Crippen LogP contribution in [0, 0.1) is 6.92 Å². The molecule has 1 aliphatic heterocycles. The molecule has 3 aromatic heterocycles. The summed E-state index contributed by atoms with van der Waals surface area (Å²) in [6, 6.07) is 18.2. The highest BCUT2D eigenvalue weighted by atomic mass is 16.5. The molecule has 0 radical (unpaired) electrons. The van der Waals surface area contributed by atoms with E-state index in [4.69, 9.17) is 9.47 Å². The molecule has 180 valence electrons. The van der Waals surface area contributed by atoms with Crippen molar-refractivity contribution >= 4 is 22.5 Å². The predicted octanol–water partition coefficient (Wildman–Crippen LogP) is 5.77. The fraction of sp³-hybridized carbons (Fsp3) is 0.179. The Morgan fingerprint density at radius 3 is 2.61 bits per heavy atom. The van der Waals surface area contributed by atoms with Gasteiger partial charge in [0.2, 0.25) is 5.88 Å². The predicted molar refractivity (Wildman–Crippen MR) is 142 cm³/mol. The van der Waals surface area contributed by atoms with Gasteiger partial charge in [-0.05, 0) is 53.9 Å². The quantitative estimate of drug-likeness (QED) is 0.331. The van der Waals surface area contributed by atoms with Gasteiger partial charge in [0.05, 0.1) is 18.2 Å². The van der Waals surface area contributed by atoms with Gasteiger partial charge in [0, 0.05) is 43.7 Å². The van der Waals surface area contributed by atoms with Crippen LogP contribution in [0.3, 0.4) is 0 Å². The molecule has 1 aliphatic rings. The van der Waals surface area contributed by atoms with Crippen LogP contribution in [0.1, 0.15) is 11.3 Å². The van der Waals surface area contributed by atoms with Gasteiger partial charge in [0.15, 0.2) is 11.5 Å². The van der Waals surface area contributed by atoms with Crippen LogP contribution in [0.5, 0.6) is 17.4 Å². The van der Waals surface area contributed by atoms with E-state index in [0.717, 1.165) is 56.2 Å². The summed E-state index contributed by atoms with van der Waals surface area (Å²) in [5.74, 6) is 2.57. The van der Waals surface area contributed by atoms with E-state index in [1.54, 1.807) is 13.4 Å². The molecule has 0 saturated carbocycles. The topological polar surface area (TPSA) is 86.1 Å². The highest BCUT2D eigenvalue weighted by molar-refractivity contribution is 6.09. The molecule has 0 unspecified atom stereocenters. The monoisotopic (exact) mass is 478 g/mol. The lowest BCUT2D eigenvalue weighted by Crippen LogP contribution is -2.04. The molecule has 5 aromatic rings. The second kappa shape index (κ2) is 8.57. The van der Waals surface area contributed by atoms with Gasteiger partial charge in [-0.25, -0.2) is 15.0 Å². The van der Waals surface area contributed by atoms with Crippen LogP contribution in [0.25, 0.3) is 33.4 Å². The lowest BCUT2D eigenvalue weighted by molar-refractivity contribution is 0.374. The first-order valence-electron chi connectivity index (χ1n) is 11.8. The molecule has 2 N–H and O–H groups in total. The number of benzene rings is 2. The number of nitrogens with one attached hydrogen (secondary N) is 2. The van der Waals surface area contributed by atoms with Crippen molar-refractivity contribution < 1.29 is 9.47 Å². The average Bonchev–Trinajstić information content (AvgIpc) is 3.10. The first kappa shape index (κ1) is 21.9. The van der Waals surface area contributed by atoms with Crippen molar-refractivity contribution in [3.8, 4) is 39.8 Å². The van der Waals surface area contributed by atoms with Crippen LogP contribution >= 0.6 is 0 Å². The van der Waals surface area contributed by atoms with E-state index in [1.165, 1.54) is 0 Å². The van der Waals surface area contributed by atoms with Crippen LogP contribution in [-0.4, -0.2) is 33.7 Å². The smallest absolute Gasteiger partial charge is 0.219 e. The number of nitrogens with zero attached hydrogens (tertiary/aromatic N) is 4. The molecule has 36 heavy (non-hydrogen) atoms. The molecule has 0 bridgehead atoms. The summed E-state index contributed by atoms with van der Waals surface area (Å²) in [5, 5.41) is 7.69. The standard InChI is InChI=1S/C28H26N6O2/c1-16-6-5-7-23(33-16)36-22-12-18-14-30-27-25-24(20(18)13-21(22)35-4)26(34(3)28(25)32-15-31-27)17-8-10-19(29-2)11-9-17/h5-13,15,29H,14H2,1-4H3,(H,30,31,32). The van der Waals surface area contributed by atoms with Gasteiger partial charge < -0.3 is 24.7 Å². The summed E-state index contributed by atoms with van der Waals surface area (Å²) in [5.41, 5.74) is 8.15. The van der Waals surface area contributed by atoms with Crippen molar-refractivity contribution in [3.05, 3.63) is 72.2 Å². The SMILES string of the molecule is CNc1ccc(-c2c3c4c(ncnc4n2C)NCc2cc(Oc4cccc(C)n4)c(OC)cc2-3)cc1. The molecular weight excluding hydrogens is 452 g/mol. The van der Waals surface area contributed by atoms with E-state index in [0.29, 0.717) is 23.9 Å². The Labute approximate surface area is 209 Å². The molecule has 2 aromatic carbocycles. The van der Waals surface area contributed by atoms with E-state index in [-0.39, 0.29) is 0 Å². The maximum atomic E-state index is 6.18. The highest BCUT2D eigenvalue weighted by Gasteiger charge is 2.28. The largest absolute Gasteiger partial charge is 0.493 e. The summed E-state index contributed by atoms with van der Waals surface area (Å²) < 4.78 is 14.1. The minimum absolute atomic E-state index is 0.524. The van der Waals surface area contributed by atoms with Crippen molar-refractivity contribution in [2.75, 3.05) is 24.8 Å². The Kier molecular flexibility index (Phi) is 5.21. The number of hydrogen-bond acceptors (Lipinski definition) is 7. The number of fused-ring (bicyclic) bond motifs is 2. The summed E-state index contributed by atoms with van der Waals surface area (Å²) >= 11 is 0. The number of pyridine rings is 1. The zero-order valence-corrected chi connectivity index (χ0v) is 20.6. The minimum Gasteiger partial charge on any atom is -0.493 e. The summed E-state index contributed by atoms with van der Waals surface area (Å²) in [4.78, 5) is 13.7. The molecular formula is C28H26N6O2. The van der Waals surface area contributed by atoms with Crippen LogP contribution in [0.15, 0.2) is 60.9 Å². The number of methoxy groups -OCH3 is 1. The van der Waals surface area contributed by atoms with Crippen molar-refractivity contribution in [2.45, 2.75) is 13.5 Å². The molecule has 8 heteroatoms. The van der Waals surface area contributed by atoms with Crippen LogP contribution in [-0.2, 0) is 13.6 Å². The zero-order chi connectivity index (χ0) is 24.8. The summed E-state index contributed by atoms with van der Waals surface area (Å²) in [7, 11) is 5.62. The van der Waals surface area contributed by atoms with Gasteiger partial charge >= 0.3 is 0 Å². The molecule has 0 amide bonds. The molecule has 8 nitrogen and oxygen atoms in total. The second-order valence-corrected chi connectivity index (χ2v) is 8.76. The van der Waals surface area contributed by atoms with Crippen LogP contribution in [0.4, 0.5) is 11.5 Å². The number of aryl methyl sites for hydroxylation is 2. The van der Waals surface area contributed by atoms with Crippen molar-refractivity contribution in [1.82, 2.24) is 19.5 Å². The van der Waals surface area contributed by atoms with Gasteiger partial charge in [-0.3, -0.25) is 0 Å². The Morgan fingerprint density at radius 2 is 1.86 bits per heavy atom. The number of ether oxygens (including phenoxy) is 2. The second-order valence-electron chi connectivity index (χ2n) is 8.76. The van der Waals surface area contributed by atoms with Gasteiger partial charge in [0.25, 0.3) is 0 Å². The van der Waals surface area contributed by atoms with Crippen molar-refractivity contribution in [2.24, 2.45) is 7.05 Å². The minimum atomic E-state index is 0.524. The number of hydrogen-bond donors (Lipinski definition) is 2. The maximum Gasteiger partial charge on any atom is 0.219 e. The first-order chi connectivity index (χ1) is 17.6. The molecule has 0 fully saturated rings. The molecule has 0 spiro atoms. The highest BCUT2D eigenvalue weighted by Crippen LogP contribution is 2.48. The summed E-state index contributed by atoms with van der Waals surface area (Å²) in [6.07, 6.45) is 1.61. The third-order valence-corrected chi connectivity index (χ3v) is 6.60. The van der Waals surface area contributed by atoms with Gasteiger partial charge in [-0.1, -0.05) is 18.2 Å². The number of aromatic nitrogens is 4. The number of rotatable bonds is 5. The fourth-order valence-electron chi connectivity index (χ4n) is 4.87. The normalized spacial score (nSPS) is 12.0. The maximum absolute atomic E-state index is 6.18. The lowest BCUT2D eigenvalue weighted by Gasteiger charge is -2.16. The molecule has 0 aliphatic carbocycles. The zero-order valence-electron chi connectivity index (χ0n) is 20.6. The molecule has 0 saturated heterocycles. The third kappa shape index (κ3) is 3.50. The van der Waals surface area contributed by atoms with Gasteiger partial charge in [-0.2, -0.15) is 0 Å². The molecule has 4 heterocycles. The number of anilines is 2. The van der Waals surface area contributed by atoms with Gasteiger partial charge in [-0.15, -0.1) is 0 Å². The Morgan fingerprint density at radius 1 is 1.03 bits per heavy atom.